The highest BCUT2D eigenvalue weighted by molar-refractivity contribution is 8.14. The number of nitrogens with one attached hydrogen (secondary N) is 1. The van der Waals surface area contributed by atoms with Gasteiger partial charge in [-0.05, 0) is 35.7 Å². The molecule has 8 nitrogen and oxygen atoms in total. The van der Waals surface area contributed by atoms with Gasteiger partial charge in [0.05, 0.1) is 30.3 Å². The van der Waals surface area contributed by atoms with Crippen molar-refractivity contribution in [2.24, 2.45) is 15.9 Å². The molecule has 2 aliphatic rings. The van der Waals surface area contributed by atoms with Crippen LogP contribution in [0.3, 0.4) is 0 Å². The number of amides is 4. The molecule has 0 fully saturated rings. The molecule has 1 aromatic carbocycles. The number of thiophene rings is 1. The SMILES string of the molecule is CN1C(=O)C2C(SCC(=O)Nc3ccc(C(F)(F)F)cc3)=NC(c3cccs3)=NC2=[N+](C)C1=O. The molecule has 34 heavy (non-hydrogen) atoms. The van der Waals surface area contributed by atoms with Gasteiger partial charge in [0, 0.05) is 5.69 Å². The van der Waals surface area contributed by atoms with Crippen LogP contribution in [0.5, 0.6) is 0 Å². The topological polar surface area (TPSA) is 94.2 Å². The maximum atomic E-state index is 12.9. The highest BCUT2D eigenvalue weighted by Crippen LogP contribution is 2.30. The first-order valence-electron chi connectivity index (χ1n) is 9.79. The van der Waals surface area contributed by atoms with Gasteiger partial charge in [0.2, 0.25) is 11.7 Å². The van der Waals surface area contributed by atoms with E-state index >= 15 is 0 Å². The second kappa shape index (κ2) is 9.14. The number of benzene rings is 1. The first-order valence-corrected chi connectivity index (χ1v) is 11.7. The average Bonchev–Trinajstić information content (AvgIpc) is 3.34. The van der Waals surface area contributed by atoms with Crippen LogP contribution < -0.4 is 5.32 Å². The van der Waals surface area contributed by atoms with Gasteiger partial charge in [0.1, 0.15) is 5.04 Å². The minimum atomic E-state index is -4.47. The van der Waals surface area contributed by atoms with Crippen molar-refractivity contribution in [3.05, 3.63) is 52.2 Å². The Hall–Kier alpha value is -3.32. The summed E-state index contributed by atoms with van der Waals surface area (Å²) in [7, 11) is 2.87. The largest absolute Gasteiger partial charge is 0.445 e. The molecule has 0 bridgehead atoms. The Labute approximate surface area is 199 Å². The Kier molecular flexibility index (Phi) is 6.41. The molecule has 0 saturated carbocycles. The molecule has 1 N–H and O–H groups in total. The summed E-state index contributed by atoms with van der Waals surface area (Å²) in [6.45, 7) is 0. The number of carbonyl (C=O) groups excluding carboxylic acids is 3. The highest BCUT2D eigenvalue weighted by atomic mass is 32.2. The van der Waals surface area contributed by atoms with Gasteiger partial charge in [0.25, 0.3) is 5.84 Å². The van der Waals surface area contributed by atoms with Gasteiger partial charge < -0.3 is 5.32 Å². The maximum Gasteiger partial charge on any atom is 0.445 e. The molecule has 2 aromatic rings. The minimum Gasteiger partial charge on any atom is -0.325 e. The van der Waals surface area contributed by atoms with Crippen LogP contribution in [0, 0.1) is 5.92 Å². The van der Waals surface area contributed by atoms with Gasteiger partial charge >= 0.3 is 18.1 Å². The van der Waals surface area contributed by atoms with Crippen molar-refractivity contribution in [2.75, 3.05) is 25.2 Å². The van der Waals surface area contributed by atoms with Gasteiger partial charge in [-0.3, -0.25) is 9.59 Å². The third-order valence-corrected chi connectivity index (χ3v) is 6.92. The Morgan fingerprint density at radius 1 is 1.21 bits per heavy atom. The number of rotatable bonds is 4. The van der Waals surface area contributed by atoms with Crippen molar-refractivity contribution >= 4 is 63.3 Å². The molecule has 4 rings (SSSR count). The van der Waals surface area contributed by atoms with Crippen LogP contribution in [-0.2, 0) is 15.8 Å². The fourth-order valence-electron chi connectivity index (χ4n) is 3.28. The molecule has 1 atom stereocenters. The van der Waals surface area contributed by atoms with Crippen molar-refractivity contribution in [3.63, 3.8) is 0 Å². The van der Waals surface area contributed by atoms with Crippen molar-refractivity contribution in [1.29, 1.82) is 0 Å². The molecule has 0 aliphatic carbocycles. The first kappa shape index (κ1) is 23.8. The van der Waals surface area contributed by atoms with Crippen molar-refractivity contribution in [1.82, 2.24) is 4.90 Å². The van der Waals surface area contributed by atoms with E-state index in [1.165, 1.54) is 30.0 Å². The van der Waals surface area contributed by atoms with E-state index in [4.69, 9.17) is 0 Å². The minimum absolute atomic E-state index is 0.157. The number of urea groups is 1. The molecular weight excluding hydrogens is 491 g/mol. The molecule has 3 heterocycles. The Morgan fingerprint density at radius 2 is 1.91 bits per heavy atom. The molecule has 4 amide bonds. The highest BCUT2D eigenvalue weighted by Gasteiger charge is 2.49. The lowest BCUT2D eigenvalue weighted by Crippen LogP contribution is -2.54. The Bertz CT molecular complexity index is 1250. The number of anilines is 1. The number of alkyl halides is 3. The summed E-state index contributed by atoms with van der Waals surface area (Å²) in [5, 5.41) is 4.66. The van der Waals surface area contributed by atoms with Gasteiger partial charge in [-0.15, -0.1) is 11.3 Å². The molecule has 176 valence electrons. The van der Waals surface area contributed by atoms with Crippen LogP contribution in [0.2, 0.25) is 0 Å². The summed E-state index contributed by atoms with van der Waals surface area (Å²) in [6, 6.07) is 7.16. The van der Waals surface area contributed by atoms with Crippen molar-refractivity contribution in [2.45, 2.75) is 6.18 Å². The van der Waals surface area contributed by atoms with E-state index in [2.05, 4.69) is 15.3 Å². The predicted octanol–water partition coefficient (Wildman–Crippen LogP) is 3.55. The zero-order valence-corrected chi connectivity index (χ0v) is 19.4. The fourth-order valence-corrected chi connectivity index (χ4v) is 4.82. The van der Waals surface area contributed by atoms with Gasteiger partial charge in [-0.25, -0.2) is 9.79 Å². The standard InChI is InChI=1S/C21H16F3N5O3S2/c1-28-17-15(19(31)29(2)20(28)32)18(27-16(26-17)13-4-3-9-33-13)34-10-14(30)25-12-7-5-11(6-8-12)21(22,23)24/h3-9,15H,10H2,1-2H3/p+1. The van der Waals surface area contributed by atoms with E-state index < -0.39 is 35.5 Å². The van der Waals surface area contributed by atoms with Gasteiger partial charge in [-0.2, -0.15) is 22.6 Å². The number of aliphatic imine (C=N–C) groups is 2. The number of hydrogen-bond donors (Lipinski definition) is 1. The van der Waals surface area contributed by atoms with Gasteiger partial charge in [0.15, 0.2) is 5.92 Å². The number of nitrogens with zero attached hydrogens (tertiary/aromatic N) is 4. The zero-order chi connectivity index (χ0) is 24.6. The number of fused-ring (bicyclic) bond motifs is 1. The number of carbonyl (C=O) groups is 3. The monoisotopic (exact) mass is 508 g/mol. The van der Waals surface area contributed by atoms with Crippen LogP contribution in [0.15, 0.2) is 51.8 Å². The summed E-state index contributed by atoms with van der Waals surface area (Å²) in [5.41, 5.74) is -0.616. The first-order chi connectivity index (χ1) is 16.1. The van der Waals surface area contributed by atoms with Gasteiger partial charge in [-0.1, -0.05) is 22.8 Å². The number of hydrogen-bond acceptors (Lipinski definition) is 7. The maximum absolute atomic E-state index is 12.9. The lowest BCUT2D eigenvalue weighted by molar-refractivity contribution is -0.407. The third kappa shape index (κ3) is 4.66. The molecule has 0 saturated heterocycles. The summed E-state index contributed by atoms with van der Waals surface area (Å²) in [6.07, 6.45) is -4.47. The zero-order valence-electron chi connectivity index (χ0n) is 17.8. The number of imide groups is 1. The van der Waals surface area contributed by atoms with Crippen molar-refractivity contribution in [3.8, 4) is 0 Å². The summed E-state index contributed by atoms with van der Waals surface area (Å²) >= 11 is 2.39. The summed E-state index contributed by atoms with van der Waals surface area (Å²) < 4.78 is 39.4. The molecule has 0 radical (unpaired) electrons. The molecule has 2 aliphatic heterocycles. The number of amidine groups is 2. The fraction of sp³-hybridized carbons (Fsp3) is 0.238. The second-order valence-corrected chi connectivity index (χ2v) is 9.25. The quantitative estimate of drug-likeness (QED) is 0.640. The lowest BCUT2D eigenvalue weighted by atomic mass is 10.0. The molecule has 1 unspecified atom stereocenters. The van der Waals surface area contributed by atoms with E-state index in [0.29, 0.717) is 10.9 Å². The summed E-state index contributed by atoms with van der Waals surface area (Å²) in [4.78, 5) is 48.4. The smallest absolute Gasteiger partial charge is 0.325 e. The van der Waals surface area contributed by atoms with Crippen LogP contribution >= 0.6 is 23.1 Å². The lowest BCUT2D eigenvalue weighted by Gasteiger charge is -2.26. The van der Waals surface area contributed by atoms with E-state index in [-0.39, 0.29) is 17.3 Å². The molecule has 0 spiro atoms. The Balaban J connectivity index is 1.55. The predicted molar refractivity (Wildman–Crippen MR) is 124 cm³/mol. The molecule has 1 aromatic heterocycles. The third-order valence-electron chi connectivity index (χ3n) is 5.03. The summed E-state index contributed by atoms with van der Waals surface area (Å²) in [5.74, 6) is -1.56. The average molecular weight is 509 g/mol. The second-order valence-electron chi connectivity index (χ2n) is 7.30. The van der Waals surface area contributed by atoms with E-state index in [1.807, 2.05) is 11.4 Å². The molecular formula is C21H17F3N5O3S2+. The van der Waals surface area contributed by atoms with Crippen LogP contribution in [-0.4, -0.2) is 63.9 Å². The number of thioether (sulfide) groups is 1. The van der Waals surface area contributed by atoms with E-state index in [1.54, 1.807) is 6.07 Å². The van der Waals surface area contributed by atoms with Crippen LogP contribution in [0.4, 0.5) is 23.7 Å². The van der Waals surface area contributed by atoms with Crippen LogP contribution in [0.1, 0.15) is 10.4 Å². The van der Waals surface area contributed by atoms with E-state index in [9.17, 15) is 27.6 Å². The van der Waals surface area contributed by atoms with Crippen LogP contribution in [0.25, 0.3) is 0 Å². The number of halogens is 3. The van der Waals surface area contributed by atoms with E-state index in [0.717, 1.165) is 45.8 Å². The Morgan fingerprint density at radius 3 is 2.53 bits per heavy atom. The van der Waals surface area contributed by atoms with Crippen molar-refractivity contribution < 1.29 is 32.1 Å². The normalized spacial score (nSPS) is 18.5. The molecule has 13 heteroatoms.